The van der Waals surface area contributed by atoms with Gasteiger partial charge in [0.05, 0.1) is 16.5 Å². The number of rotatable bonds is 9. The van der Waals surface area contributed by atoms with Crippen LogP contribution in [0.25, 0.3) is 0 Å². The second-order valence-electron chi connectivity index (χ2n) is 7.64. The van der Waals surface area contributed by atoms with Crippen LogP contribution in [-0.2, 0) is 22.6 Å². The number of carbonyl (C=O) groups excluding carboxylic acids is 2. The van der Waals surface area contributed by atoms with E-state index in [4.69, 9.17) is 34.8 Å². The summed E-state index contributed by atoms with van der Waals surface area (Å²) in [5.74, 6) is 0.0189. The Hall–Kier alpha value is -1.75. The zero-order chi connectivity index (χ0) is 22.3. The van der Waals surface area contributed by atoms with Crippen molar-refractivity contribution in [3.63, 3.8) is 0 Å². The van der Waals surface area contributed by atoms with E-state index in [2.05, 4.69) is 5.32 Å². The molecule has 0 bridgehead atoms. The number of nitrogens with one attached hydrogen (secondary N) is 1. The zero-order valence-electron chi connectivity index (χ0n) is 17.4. The van der Waals surface area contributed by atoms with Gasteiger partial charge in [-0.3, -0.25) is 9.59 Å². The Morgan fingerprint density at radius 2 is 1.60 bits per heavy atom. The first kappa shape index (κ1) is 24.5. The molecule has 162 valence electrons. The van der Waals surface area contributed by atoms with E-state index >= 15 is 0 Å². The van der Waals surface area contributed by atoms with Crippen LogP contribution < -0.4 is 5.32 Å². The lowest BCUT2D eigenvalue weighted by molar-refractivity contribution is -0.141. The maximum absolute atomic E-state index is 13.3. The van der Waals surface area contributed by atoms with Crippen molar-refractivity contribution in [2.75, 3.05) is 6.54 Å². The largest absolute Gasteiger partial charge is 0.354 e. The van der Waals surface area contributed by atoms with Gasteiger partial charge < -0.3 is 10.2 Å². The van der Waals surface area contributed by atoms with Gasteiger partial charge in [0.15, 0.2) is 0 Å². The standard InChI is InChI=1S/C23H27Cl3N2O2/c1-4-21(23(30)27-13-15(2)3)28(14-17-7-10-19(25)20(26)11-17)22(29)12-16-5-8-18(24)9-6-16/h5-11,15,21H,4,12-14H2,1-3H3,(H,27,30). The molecular formula is C23H27Cl3N2O2. The molecule has 1 atom stereocenters. The lowest BCUT2D eigenvalue weighted by Crippen LogP contribution is -2.50. The quantitative estimate of drug-likeness (QED) is 0.507. The third kappa shape index (κ3) is 7.19. The van der Waals surface area contributed by atoms with Gasteiger partial charge in [-0.05, 0) is 47.7 Å². The Labute approximate surface area is 193 Å². The summed E-state index contributed by atoms with van der Waals surface area (Å²) in [6.07, 6.45) is 0.671. The van der Waals surface area contributed by atoms with Crippen LogP contribution in [0.4, 0.5) is 0 Å². The van der Waals surface area contributed by atoms with Crippen LogP contribution in [0.1, 0.15) is 38.3 Å². The van der Waals surface area contributed by atoms with Gasteiger partial charge >= 0.3 is 0 Å². The van der Waals surface area contributed by atoms with E-state index in [0.29, 0.717) is 34.0 Å². The average molecular weight is 470 g/mol. The highest BCUT2D eigenvalue weighted by atomic mass is 35.5. The highest BCUT2D eigenvalue weighted by molar-refractivity contribution is 6.42. The molecule has 2 aromatic carbocycles. The van der Waals surface area contributed by atoms with Crippen molar-refractivity contribution in [1.29, 1.82) is 0 Å². The molecule has 2 amide bonds. The number of hydrogen-bond acceptors (Lipinski definition) is 2. The SMILES string of the molecule is CCC(C(=O)NCC(C)C)N(Cc1ccc(Cl)c(Cl)c1)C(=O)Cc1ccc(Cl)cc1. The summed E-state index contributed by atoms with van der Waals surface area (Å²) in [6, 6.07) is 11.8. The monoisotopic (exact) mass is 468 g/mol. The van der Waals surface area contributed by atoms with Crippen molar-refractivity contribution in [3.05, 3.63) is 68.7 Å². The summed E-state index contributed by atoms with van der Waals surface area (Å²) in [6.45, 7) is 6.77. The maximum Gasteiger partial charge on any atom is 0.242 e. The number of nitrogens with zero attached hydrogens (tertiary/aromatic N) is 1. The van der Waals surface area contributed by atoms with Crippen LogP contribution in [-0.4, -0.2) is 29.3 Å². The number of benzene rings is 2. The maximum atomic E-state index is 13.3. The minimum atomic E-state index is -0.585. The zero-order valence-corrected chi connectivity index (χ0v) is 19.7. The van der Waals surface area contributed by atoms with Gasteiger partial charge in [0, 0.05) is 18.1 Å². The minimum Gasteiger partial charge on any atom is -0.354 e. The fraction of sp³-hybridized carbons (Fsp3) is 0.391. The van der Waals surface area contributed by atoms with Crippen molar-refractivity contribution >= 4 is 46.6 Å². The van der Waals surface area contributed by atoms with Gasteiger partial charge in [-0.25, -0.2) is 0 Å². The molecule has 4 nitrogen and oxygen atoms in total. The number of amides is 2. The predicted octanol–water partition coefficient (Wildman–Crippen LogP) is 5.77. The van der Waals surface area contributed by atoms with Gasteiger partial charge in [0.2, 0.25) is 11.8 Å². The molecular weight excluding hydrogens is 443 g/mol. The van der Waals surface area contributed by atoms with Crippen LogP contribution in [0.2, 0.25) is 15.1 Å². The molecule has 30 heavy (non-hydrogen) atoms. The molecule has 7 heteroatoms. The Morgan fingerprint density at radius 1 is 0.967 bits per heavy atom. The molecule has 2 rings (SSSR count). The van der Waals surface area contributed by atoms with Crippen LogP contribution in [0, 0.1) is 5.92 Å². The van der Waals surface area contributed by atoms with E-state index in [1.807, 2.05) is 39.0 Å². The molecule has 0 aromatic heterocycles. The van der Waals surface area contributed by atoms with E-state index in [9.17, 15) is 9.59 Å². The van der Waals surface area contributed by atoms with Crippen molar-refractivity contribution in [3.8, 4) is 0 Å². The molecule has 0 heterocycles. The summed E-state index contributed by atoms with van der Waals surface area (Å²) in [5.41, 5.74) is 1.64. The molecule has 0 radical (unpaired) electrons. The van der Waals surface area contributed by atoms with E-state index < -0.39 is 6.04 Å². The molecule has 0 saturated carbocycles. The minimum absolute atomic E-state index is 0.144. The van der Waals surface area contributed by atoms with Gasteiger partial charge in [-0.2, -0.15) is 0 Å². The summed E-state index contributed by atoms with van der Waals surface area (Å²) >= 11 is 18.1. The molecule has 2 aromatic rings. The lowest BCUT2D eigenvalue weighted by atomic mass is 10.1. The van der Waals surface area contributed by atoms with Crippen LogP contribution >= 0.6 is 34.8 Å². The second-order valence-corrected chi connectivity index (χ2v) is 8.89. The fourth-order valence-corrected chi connectivity index (χ4v) is 3.50. The number of hydrogen-bond donors (Lipinski definition) is 1. The highest BCUT2D eigenvalue weighted by Crippen LogP contribution is 2.24. The summed E-state index contributed by atoms with van der Waals surface area (Å²) < 4.78 is 0. The van der Waals surface area contributed by atoms with Crippen molar-refractivity contribution < 1.29 is 9.59 Å². The van der Waals surface area contributed by atoms with Gasteiger partial charge in [-0.1, -0.05) is 73.8 Å². The Balaban J connectivity index is 2.28. The molecule has 0 saturated heterocycles. The first-order chi connectivity index (χ1) is 14.2. The molecule has 0 aliphatic carbocycles. The molecule has 0 aliphatic heterocycles. The summed E-state index contributed by atoms with van der Waals surface area (Å²) in [7, 11) is 0. The third-order valence-corrected chi connectivity index (χ3v) is 5.67. The van der Waals surface area contributed by atoms with Crippen LogP contribution in [0.5, 0.6) is 0 Å². The van der Waals surface area contributed by atoms with Crippen molar-refractivity contribution in [1.82, 2.24) is 10.2 Å². The van der Waals surface area contributed by atoms with Gasteiger partial charge in [0.25, 0.3) is 0 Å². The van der Waals surface area contributed by atoms with E-state index in [1.165, 1.54) is 0 Å². The molecule has 1 N–H and O–H groups in total. The van der Waals surface area contributed by atoms with Crippen LogP contribution in [0.3, 0.4) is 0 Å². The molecule has 0 spiro atoms. The summed E-state index contributed by atoms with van der Waals surface area (Å²) in [5, 5.41) is 4.42. The lowest BCUT2D eigenvalue weighted by Gasteiger charge is -2.31. The average Bonchev–Trinajstić information content (AvgIpc) is 2.70. The first-order valence-corrected chi connectivity index (χ1v) is 11.1. The Bertz CT molecular complexity index is 869. The van der Waals surface area contributed by atoms with Gasteiger partial charge in [-0.15, -0.1) is 0 Å². The molecule has 0 fully saturated rings. The first-order valence-electron chi connectivity index (χ1n) is 9.96. The fourth-order valence-electron chi connectivity index (χ4n) is 3.06. The van der Waals surface area contributed by atoms with E-state index in [-0.39, 0.29) is 24.8 Å². The van der Waals surface area contributed by atoms with Crippen molar-refractivity contribution in [2.24, 2.45) is 5.92 Å². The Kier molecular flexibility index (Phi) is 9.47. The van der Waals surface area contributed by atoms with E-state index in [0.717, 1.165) is 11.1 Å². The topological polar surface area (TPSA) is 49.4 Å². The normalized spacial score (nSPS) is 12.0. The predicted molar refractivity (Wildman–Crippen MR) is 124 cm³/mol. The van der Waals surface area contributed by atoms with E-state index in [1.54, 1.807) is 29.2 Å². The third-order valence-electron chi connectivity index (χ3n) is 4.68. The van der Waals surface area contributed by atoms with Crippen LogP contribution in [0.15, 0.2) is 42.5 Å². The molecule has 0 aliphatic rings. The number of carbonyl (C=O) groups is 2. The smallest absolute Gasteiger partial charge is 0.242 e. The van der Waals surface area contributed by atoms with Gasteiger partial charge in [0.1, 0.15) is 6.04 Å². The summed E-state index contributed by atoms with van der Waals surface area (Å²) in [4.78, 5) is 27.7. The molecule has 1 unspecified atom stereocenters. The Morgan fingerprint density at radius 3 is 2.17 bits per heavy atom. The van der Waals surface area contributed by atoms with Crippen molar-refractivity contribution in [2.45, 2.75) is 46.2 Å². The second kappa shape index (κ2) is 11.6. The number of halogens is 3. The highest BCUT2D eigenvalue weighted by Gasteiger charge is 2.28.